The average molecular weight is 293 g/mol. The molecule has 2 atom stereocenters. The molecule has 1 aliphatic rings. The standard InChI is InChI=1S/C15H23N3O3/c1-10-15(20,6-7-21-10)9-17-13-8-11(16)4-5-12(13)14(19)18(2)3/h4-5,8,10,17,20H,6-7,9,16H2,1-3H3. The van der Waals surface area contributed by atoms with Crippen LogP contribution in [0.1, 0.15) is 23.7 Å². The minimum Gasteiger partial charge on any atom is -0.399 e. The van der Waals surface area contributed by atoms with Crippen LogP contribution in [0.25, 0.3) is 0 Å². The molecule has 0 spiro atoms. The van der Waals surface area contributed by atoms with Crippen molar-refractivity contribution < 1.29 is 14.6 Å². The molecular formula is C15H23N3O3. The molecule has 0 radical (unpaired) electrons. The van der Waals surface area contributed by atoms with Crippen LogP contribution in [0.3, 0.4) is 0 Å². The fourth-order valence-corrected chi connectivity index (χ4v) is 2.39. The Morgan fingerprint density at radius 2 is 2.29 bits per heavy atom. The first-order chi connectivity index (χ1) is 9.83. The number of amides is 1. The Morgan fingerprint density at radius 3 is 2.86 bits per heavy atom. The number of carbonyl (C=O) groups is 1. The van der Waals surface area contributed by atoms with Gasteiger partial charge >= 0.3 is 0 Å². The molecule has 1 amide bonds. The van der Waals surface area contributed by atoms with Gasteiger partial charge in [-0.2, -0.15) is 0 Å². The number of benzene rings is 1. The SMILES string of the molecule is CC1OCCC1(O)CNc1cc(N)ccc1C(=O)N(C)C. The summed E-state index contributed by atoms with van der Waals surface area (Å²) in [5.74, 6) is -0.111. The van der Waals surface area contributed by atoms with E-state index >= 15 is 0 Å². The van der Waals surface area contributed by atoms with E-state index in [9.17, 15) is 9.90 Å². The Kier molecular flexibility index (Phi) is 4.39. The summed E-state index contributed by atoms with van der Waals surface area (Å²) in [7, 11) is 3.39. The maximum atomic E-state index is 12.2. The minimum absolute atomic E-state index is 0.111. The van der Waals surface area contributed by atoms with Crippen LogP contribution in [0.4, 0.5) is 11.4 Å². The maximum Gasteiger partial charge on any atom is 0.255 e. The molecule has 2 unspecified atom stereocenters. The summed E-state index contributed by atoms with van der Waals surface area (Å²) in [6.45, 7) is 2.70. The zero-order valence-corrected chi connectivity index (χ0v) is 12.7. The van der Waals surface area contributed by atoms with Gasteiger partial charge < -0.3 is 25.8 Å². The highest BCUT2D eigenvalue weighted by molar-refractivity contribution is 6.00. The Morgan fingerprint density at radius 1 is 1.57 bits per heavy atom. The van der Waals surface area contributed by atoms with Crippen molar-refractivity contribution in [1.29, 1.82) is 0 Å². The van der Waals surface area contributed by atoms with Crippen molar-refractivity contribution in [3.05, 3.63) is 23.8 Å². The Hall–Kier alpha value is -1.79. The van der Waals surface area contributed by atoms with Crippen molar-refractivity contribution in [2.45, 2.75) is 25.0 Å². The molecule has 4 N–H and O–H groups in total. The lowest BCUT2D eigenvalue weighted by atomic mass is 9.96. The first-order valence-corrected chi connectivity index (χ1v) is 7.02. The van der Waals surface area contributed by atoms with Crippen LogP contribution >= 0.6 is 0 Å². The lowest BCUT2D eigenvalue weighted by Crippen LogP contribution is -2.43. The largest absolute Gasteiger partial charge is 0.399 e. The molecule has 6 heteroatoms. The van der Waals surface area contributed by atoms with Crippen LogP contribution in [0.2, 0.25) is 0 Å². The van der Waals surface area contributed by atoms with Gasteiger partial charge in [-0.3, -0.25) is 4.79 Å². The van der Waals surface area contributed by atoms with Crippen molar-refractivity contribution in [2.75, 3.05) is 38.3 Å². The number of aliphatic hydroxyl groups is 1. The van der Waals surface area contributed by atoms with Crippen LogP contribution in [0.5, 0.6) is 0 Å². The maximum absolute atomic E-state index is 12.2. The number of hydrogen-bond acceptors (Lipinski definition) is 5. The number of nitrogens with one attached hydrogen (secondary N) is 1. The van der Waals surface area contributed by atoms with Crippen LogP contribution in [-0.2, 0) is 4.74 Å². The van der Waals surface area contributed by atoms with Crippen LogP contribution < -0.4 is 11.1 Å². The second kappa shape index (κ2) is 5.91. The highest BCUT2D eigenvalue weighted by Gasteiger charge is 2.39. The van der Waals surface area contributed by atoms with Gasteiger partial charge in [0.15, 0.2) is 0 Å². The van der Waals surface area contributed by atoms with Gasteiger partial charge in [0.25, 0.3) is 5.91 Å². The predicted molar refractivity (Wildman–Crippen MR) is 82.3 cm³/mol. The molecular weight excluding hydrogens is 270 g/mol. The molecule has 0 aromatic heterocycles. The van der Waals surface area contributed by atoms with Gasteiger partial charge in [-0.1, -0.05) is 0 Å². The number of ether oxygens (including phenoxy) is 1. The Balaban J connectivity index is 2.19. The van der Waals surface area contributed by atoms with Crippen LogP contribution in [-0.4, -0.2) is 54.9 Å². The first kappa shape index (κ1) is 15.6. The van der Waals surface area contributed by atoms with Gasteiger partial charge in [0.05, 0.1) is 11.7 Å². The number of nitrogens with two attached hydrogens (primary N) is 1. The minimum atomic E-state index is -0.928. The molecule has 6 nitrogen and oxygen atoms in total. The van der Waals surface area contributed by atoms with E-state index < -0.39 is 5.60 Å². The third-order valence-corrected chi connectivity index (χ3v) is 3.92. The van der Waals surface area contributed by atoms with E-state index in [2.05, 4.69) is 5.32 Å². The van der Waals surface area contributed by atoms with E-state index in [-0.39, 0.29) is 12.0 Å². The fourth-order valence-electron chi connectivity index (χ4n) is 2.39. The molecule has 1 fully saturated rings. The second-order valence-electron chi connectivity index (χ2n) is 5.72. The van der Waals surface area contributed by atoms with E-state index in [1.54, 1.807) is 32.3 Å². The highest BCUT2D eigenvalue weighted by atomic mass is 16.5. The average Bonchev–Trinajstić information content (AvgIpc) is 2.76. The fraction of sp³-hybridized carbons (Fsp3) is 0.533. The molecule has 1 aliphatic heterocycles. The van der Waals surface area contributed by atoms with Gasteiger partial charge in [0.2, 0.25) is 0 Å². The molecule has 1 aromatic carbocycles. The molecule has 21 heavy (non-hydrogen) atoms. The summed E-state index contributed by atoms with van der Waals surface area (Å²) in [6.07, 6.45) is 0.333. The van der Waals surface area contributed by atoms with Crippen molar-refractivity contribution in [3.63, 3.8) is 0 Å². The third kappa shape index (κ3) is 3.28. The number of nitrogens with zero attached hydrogens (tertiary/aromatic N) is 1. The van der Waals surface area contributed by atoms with Gasteiger partial charge in [-0.05, 0) is 25.1 Å². The van der Waals surface area contributed by atoms with Crippen LogP contribution in [0.15, 0.2) is 18.2 Å². The number of anilines is 2. The van der Waals surface area contributed by atoms with Gasteiger partial charge in [-0.15, -0.1) is 0 Å². The first-order valence-electron chi connectivity index (χ1n) is 7.02. The van der Waals surface area contributed by atoms with Gasteiger partial charge in [0, 0.05) is 45.0 Å². The van der Waals surface area contributed by atoms with Crippen molar-refractivity contribution in [3.8, 4) is 0 Å². The number of rotatable bonds is 4. The summed E-state index contributed by atoms with van der Waals surface area (Å²) < 4.78 is 5.41. The summed E-state index contributed by atoms with van der Waals surface area (Å²) in [5, 5.41) is 13.7. The lowest BCUT2D eigenvalue weighted by molar-refractivity contribution is -0.0176. The number of nitrogen functional groups attached to an aromatic ring is 1. The van der Waals surface area contributed by atoms with Gasteiger partial charge in [0.1, 0.15) is 5.60 Å². The molecule has 0 aliphatic carbocycles. The van der Waals surface area contributed by atoms with E-state index in [1.807, 2.05) is 6.92 Å². The zero-order chi connectivity index (χ0) is 15.6. The van der Waals surface area contributed by atoms with Crippen molar-refractivity contribution >= 4 is 17.3 Å². The quantitative estimate of drug-likeness (QED) is 0.719. The summed E-state index contributed by atoms with van der Waals surface area (Å²) >= 11 is 0. The second-order valence-corrected chi connectivity index (χ2v) is 5.72. The summed E-state index contributed by atoms with van der Waals surface area (Å²) in [4.78, 5) is 13.7. The van der Waals surface area contributed by atoms with Crippen LogP contribution in [0, 0.1) is 0 Å². The van der Waals surface area contributed by atoms with E-state index in [1.165, 1.54) is 4.90 Å². The monoisotopic (exact) mass is 293 g/mol. The number of carbonyl (C=O) groups excluding carboxylic acids is 1. The molecule has 116 valence electrons. The molecule has 2 rings (SSSR count). The molecule has 0 bridgehead atoms. The summed E-state index contributed by atoms with van der Waals surface area (Å²) in [5.41, 5.74) is 6.59. The normalized spacial score (nSPS) is 24.9. The predicted octanol–water partition coefficient (Wildman–Crippen LogP) is 0.922. The van der Waals surface area contributed by atoms with Gasteiger partial charge in [-0.25, -0.2) is 0 Å². The van der Waals surface area contributed by atoms with E-state index in [0.717, 1.165) is 0 Å². The molecule has 1 aromatic rings. The zero-order valence-electron chi connectivity index (χ0n) is 12.7. The Bertz CT molecular complexity index is 533. The van der Waals surface area contributed by atoms with E-state index in [4.69, 9.17) is 10.5 Å². The molecule has 0 saturated carbocycles. The highest BCUT2D eigenvalue weighted by Crippen LogP contribution is 2.27. The Labute approximate surface area is 124 Å². The van der Waals surface area contributed by atoms with Crippen molar-refractivity contribution in [1.82, 2.24) is 4.90 Å². The van der Waals surface area contributed by atoms with Crippen molar-refractivity contribution in [2.24, 2.45) is 0 Å². The third-order valence-electron chi connectivity index (χ3n) is 3.92. The summed E-state index contributed by atoms with van der Waals surface area (Å²) in [6, 6.07) is 5.09. The number of hydrogen-bond donors (Lipinski definition) is 3. The van der Waals surface area contributed by atoms with E-state index in [0.29, 0.717) is 36.5 Å². The lowest BCUT2D eigenvalue weighted by Gasteiger charge is -2.27. The molecule has 1 heterocycles. The molecule has 1 saturated heterocycles. The smallest absolute Gasteiger partial charge is 0.255 e. The topological polar surface area (TPSA) is 87.8 Å².